The summed E-state index contributed by atoms with van der Waals surface area (Å²) in [6.45, 7) is 3.42. The fourth-order valence-electron chi connectivity index (χ4n) is 1.20. The van der Waals surface area contributed by atoms with E-state index < -0.39 is 0 Å². The highest BCUT2D eigenvalue weighted by atomic mass is 32.1. The van der Waals surface area contributed by atoms with Gasteiger partial charge >= 0.3 is 0 Å². The molecule has 0 radical (unpaired) electrons. The largest absolute Gasteiger partial charge is 0.294 e. The van der Waals surface area contributed by atoms with Crippen molar-refractivity contribution >= 4 is 17.1 Å². The van der Waals surface area contributed by atoms with E-state index in [-0.39, 0.29) is 5.78 Å². The number of hydrogen-bond acceptors (Lipinski definition) is 4. The lowest BCUT2D eigenvalue weighted by atomic mass is 10.3. The summed E-state index contributed by atoms with van der Waals surface area (Å²) in [5.41, 5.74) is 0.957. The number of hydrogen-bond donors (Lipinski definition) is 0. The van der Waals surface area contributed by atoms with E-state index in [4.69, 9.17) is 0 Å². The Kier molecular flexibility index (Phi) is 2.60. The van der Waals surface area contributed by atoms with Crippen LogP contribution in [0.25, 0.3) is 10.4 Å². The fourth-order valence-corrected chi connectivity index (χ4v) is 2.08. The number of nitrogens with zero attached hydrogens (tertiary/aromatic N) is 2. The lowest BCUT2D eigenvalue weighted by Crippen LogP contribution is -1.86. The lowest BCUT2D eigenvalue weighted by Gasteiger charge is -1.95. The van der Waals surface area contributed by atoms with Gasteiger partial charge in [-0.15, -0.1) is 11.3 Å². The standard InChI is InChI=1S/C11H10N2OS/c1-7(14)10-3-4-11(15-10)9-5-12-8(2)13-6-9/h3-6H,1-2H3. The van der Waals surface area contributed by atoms with Gasteiger partial charge < -0.3 is 0 Å². The molecule has 0 N–H and O–H groups in total. The lowest BCUT2D eigenvalue weighted by molar-refractivity contribution is 0.102. The molecule has 0 saturated carbocycles. The molecule has 2 rings (SSSR count). The van der Waals surface area contributed by atoms with Gasteiger partial charge in [0.1, 0.15) is 5.82 Å². The zero-order valence-electron chi connectivity index (χ0n) is 8.52. The van der Waals surface area contributed by atoms with Crippen molar-refractivity contribution in [1.82, 2.24) is 9.97 Å². The first-order chi connectivity index (χ1) is 7.16. The van der Waals surface area contributed by atoms with E-state index in [1.807, 2.05) is 19.1 Å². The molecule has 3 nitrogen and oxygen atoms in total. The van der Waals surface area contributed by atoms with E-state index in [2.05, 4.69) is 9.97 Å². The summed E-state index contributed by atoms with van der Waals surface area (Å²) in [5, 5.41) is 0. The van der Waals surface area contributed by atoms with Crippen molar-refractivity contribution in [2.24, 2.45) is 0 Å². The van der Waals surface area contributed by atoms with Gasteiger partial charge in [-0.1, -0.05) is 0 Å². The highest BCUT2D eigenvalue weighted by Crippen LogP contribution is 2.27. The SMILES string of the molecule is CC(=O)c1ccc(-c2cnc(C)nc2)s1. The molecule has 0 amide bonds. The Labute approximate surface area is 91.8 Å². The van der Waals surface area contributed by atoms with E-state index in [1.54, 1.807) is 19.3 Å². The second-order valence-electron chi connectivity index (χ2n) is 3.24. The van der Waals surface area contributed by atoms with E-state index in [0.29, 0.717) is 0 Å². The molecule has 2 aromatic rings. The first kappa shape index (κ1) is 9.98. The molecule has 0 bridgehead atoms. The van der Waals surface area contributed by atoms with Crippen molar-refractivity contribution < 1.29 is 4.79 Å². The third-order valence-corrected chi connectivity index (χ3v) is 3.25. The molecule has 15 heavy (non-hydrogen) atoms. The van der Waals surface area contributed by atoms with Gasteiger partial charge in [0.2, 0.25) is 0 Å². The Balaban J connectivity index is 2.37. The fraction of sp³-hybridized carbons (Fsp3) is 0.182. The zero-order chi connectivity index (χ0) is 10.8. The zero-order valence-corrected chi connectivity index (χ0v) is 9.34. The first-order valence-corrected chi connectivity index (χ1v) is 5.38. The van der Waals surface area contributed by atoms with Crippen LogP contribution < -0.4 is 0 Å². The van der Waals surface area contributed by atoms with Gasteiger partial charge in [-0.25, -0.2) is 9.97 Å². The number of carbonyl (C=O) groups is 1. The Morgan fingerprint density at radius 1 is 1.27 bits per heavy atom. The topological polar surface area (TPSA) is 42.9 Å². The number of rotatable bonds is 2. The van der Waals surface area contributed by atoms with Crippen molar-refractivity contribution in [1.29, 1.82) is 0 Å². The van der Waals surface area contributed by atoms with Crippen LogP contribution in [0.2, 0.25) is 0 Å². The predicted octanol–water partition coefficient (Wildman–Crippen LogP) is 2.72. The summed E-state index contributed by atoms with van der Waals surface area (Å²) >= 11 is 1.47. The maximum Gasteiger partial charge on any atom is 0.169 e. The average Bonchev–Trinajstić information content (AvgIpc) is 2.68. The third kappa shape index (κ3) is 2.10. The van der Waals surface area contributed by atoms with E-state index in [9.17, 15) is 4.79 Å². The summed E-state index contributed by atoms with van der Waals surface area (Å²) < 4.78 is 0. The molecule has 0 aliphatic carbocycles. The van der Waals surface area contributed by atoms with Crippen molar-refractivity contribution in [3.8, 4) is 10.4 Å². The number of carbonyl (C=O) groups excluding carboxylic acids is 1. The molecule has 0 aliphatic rings. The molecular weight excluding hydrogens is 208 g/mol. The summed E-state index contributed by atoms with van der Waals surface area (Å²) in [5.74, 6) is 0.848. The van der Waals surface area contributed by atoms with Gasteiger partial charge in [0.05, 0.1) is 4.88 Å². The van der Waals surface area contributed by atoms with Crippen LogP contribution in [0.1, 0.15) is 22.4 Å². The van der Waals surface area contributed by atoms with Crippen LogP contribution in [0.5, 0.6) is 0 Å². The average molecular weight is 218 g/mol. The molecule has 2 aromatic heterocycles. The molecule has 0 saturated heterocycles. The van der Waals surface area contributed by atoms with Gasteiger partial charge in [0, 0.05) is 22.8 Å². The van der Waals surface area contributed by atoms with Crippen molar-refractivity contribution in [2.75, 3.05) is 0 Å². The molecule has 0 atom stereocenters. The molecule has 0 aromatic carbocycles. The van der Waals surface area contributed by atoms with Crippen molar-refractivity contribution in [3.63, 3.8) is 0 Å². The van der Waals surface area contributed by atoms with E-state index >= 15 is 0 Å². The molecule has 76 valence electrons. The van der Waals surface area contributed by atoms with Crippen molar-refractivity contribution in [2.45, 2.75) is 13.8 Å². The minimum absolute atomic E-state index is 0.0966. The van der Waals surface area contributed by atoms with Crippen LogP contribution in [-0.2, 0) is 0 Å². The van der Waals surface area contributed by atoms with Crippen LogP contribution in [-0.4, -0.2) is 15.8 Å². The van der Waals surface area contributed by atoms with Crippen LogP contribution >= 0.6 is 11.3 Å². The summed E-state index contributed by atoms with van der Waals surface area (Å²) in [7, 11) is 0. The van der Waals surface area contributed by atoms with Gasteiger partial charge in [0.15, 0.2) is 5.78 Å². The Morgan fingerprint density at radius 2 is 1.93 bits per heavy atom. The molecule has 0 fully saturated rings. The smallest absolute Gasteiger partial charge is 0.169 e. The highest BCUT2D eigenvalue weighted by Gasteiger charge is 2.06. The van der Waals surface area contributed by atoms with E-state index in [1.165, 1.54) is 11.3 Å². The second-order valence-corrected chi connectivity index (χ2v) is 4.32. The van der Waals surface area contributed by atoms with Crippen LogP contribution in [0.3, 0.4) is 0 Å². The Bertz CT molecular complexity index is 488. The predicted molar refractivity (Wildman–Crippen MR) is 60.1 cm³/mol. The molecular formula is C11H10N2OS. The summed E-state index contributed by atoms with van der Waals surface area (Å²) in [6, 6.07) is 3.76. The number of Topliss-reactive ketones (excluding diaryl/α,β-unsaturated/α-hetero) is 1. The van der Waals surface area contributed by atoms with Gasteiger partial charge in [-0.3, -0.25) is 4.79 Å². The van der Waals surface area contributed by atoms with Crippen LogP contribution in [0.4, 0.5) is 0 Å². The van der Waals surface area contributed by atoms with Gasteiger partial charge in [-0.05, 0) is 26.0 Å². The van der Waals surface area contributed by atoms with Crippen LogP contribution in [0.15, 0.2) is 24.5 Å². The first-order valence-electron chi connectivity index (χ1n) is 4.56. The minimum Gasteiger partial charge on any atom is -0.294 e. The maximum absolute atomic E-state index is 11.1. The molecule has 2 heterocycles. The molecule has 0 aliphatic heterocycles. The summed E-state index contributed by atoms with van der Waals surface area (Å²) in [4.78, 5) is 21.2. The number of thiophene rings is 1. The van der Waals surface area contributed by atoms with Gasteiger partial charge in [-0.2, -0.15) is 0 Å². The number of aryl methyl sites for hydroxylation is 1. The monoisotopic (exact) mass is 218 g/mol. The van der Waals surface area contributed by atoms with Crippen molar-refractivity contribution in [3.05, 3.63) is 35.2 Å². The van der Waals surface area contributed by atoms with Crippen LogP contribution in [0, 0.1) is 6.92 Å². The highest BCUT2D eigenvalue weighted by molar-refractivity contribution is 7.17. The Hall–Kier alpha value is -1.55. The third-order valence-electron chi connectivity index (χ3n) is 2.02. The quantitative estimate of drug-likeness (QED) is 0.728. The van der Waals surface area contributed by atoms with Gasteiger partial charge in [0.25, 0.3) is 0 Å². The Morgan fingerprint density at radius 3 is 2.47 bits per heavy atom. The van der Waals surface area contributed by atoms with E-state index in [0.717, 1.165) is 21.1 Å². The summed E-state index contributed by atoms with van der Waals surface area (Å²) in [6.07, 6.45) is 3.55. The maximum atomic E-state index is 11.1. The minimum atomic E-state index is 0.0966. The molecule has 0 spiro atoms. The molecule has 0 unspecified atom stereocenters. The normalized spacial score (nSPS) is 10.3. The number of aromatic nitrogens is 2. The number of ketones is 1. The molecule has 4 heteroatoms. The second kappa shape index (κ2) is 3.90.